The molecule has 0 aromatic rings. The molecular formula is C21H43. The van der Waals surface area contributed by atoms with Gasteiger partial charge in [-0.1, -0.05) is 118 Å². The normalized spacial score (nSPS) is 14.3. The molecule has 0 spiro atoms. The van der Waals surface area contributed by atoms with E-state index in [0.717, 1.165) is 11.8 Å². The molecule has 0 heteroatoms. The smallest absolute Gasteiger partial charge is 0.0324 e. The highest BCUT2D eigenvalue weighted by molar-refractivity contribution is 4.83. The van der Waals surface area contributed by atoms with E-state index < -0.39 is 0 Å². The minimum Gasteiger partial charge on any atom is -0.0654 e. The Labute approximate surface area is 136 Å². The molecule has 0 nitrogen and oxygen atoms in total. The number of unbranched alkanes of at least 4 members (excludes halogenated alkanes) is 7. The highest BCUT2D eigenvalue weighted by atomic mass is 14.2. The summed E-state index contributed by atoms with van der Waals surface area (Å²) in [5.74, 6) is 1.78. The van der Waals surface area contributed by atoms with Crippen LogP contribution < -0.4 is 0 Å². The highest BCUT2D eigenvalue weighted by Gasteiger charge is 2.14. The summed E-state index contributed by atoms with van der Waals surface area (Å²) >= 11 is 0. The van der Waals surface area contributed by atoms with Gasteiger partial charge in [0.25, 0.3) is 0 Å². The molecular weight excluding hydrogens is 252 g/mol. The molecule has 0 heterocycles. The van der Waals surface area contributed by atoms with Gasteiger partial charge in [0.15, 0.2) is 0 Å². The van der Waals surface area contributed by atoms with Crippen molar-refractivity contribution in [1.82, 2.24) is 0 Å². The Kier molecular flexibility index (Phi) is 16.4. The van der Waals surface area contributed by atoms with Crippen LogP contribution >= 0.6 is 0 Å². The molecule has 1 radical (unpaired) electrons. The lowest BCUT2D eigenvalue weighted by atomic mass is 9.83. The van der Waals surface area contributed by atoms with Gasteiger partial charge in [-0.05, 0) is 18.3 Å². The molecule has 2 unspecified atom stereocenters. The lowest BCUT2D eigenvalue weighted by molar-refractivity contribution is 0.388. The minimum absolute atomic E-state index is 0.884. The third-order valence-corrected chi connectivity index (χ3v) is 4.84. The van der Waals surface area contributed by atoms with E-state index in [1.54, 1.807) is 0 Å². The van der Waals surface area contributed by atoms with Crippen molar-refractivity contribution < 1.29 is 0 Å². The minimum atomic E-state index is 0.884. The first-order valence-electron chi connectivity index (χ1n) is 10.1. The van der Waals surface area contributed by atoms with Gasteiger partial charge in [0, 0.05) is 0 Å². The van der Waals surface area contributed by atoms with E-state index in [1.165, 1.54) is 89.9 Å². The molecule has 0 bridgehead atoms. The van der Waals surface area contributed by atoms with Gasteiger partial charge >= 0.3 is 0 Å². The van der Waals surface area contributed by atoms with Gasteiger partial charge in [-0.3, -0.25) is 0 Å². The van der Waals surface area contributed by atoms with E-state index in [1.807, 2.05) is 0 Å². The fourth-order valence-electron chi connectivity index (χ4n) is 3.37. The van der Waals surface area contributed by atoms with Gasteiger partial charge in [-0.25, -0.2) is 0 Å². The summed E-state index contributed by atoms with van der Waals surface area (Å²) in [6.07, 6.45) is 22.6. The first kappa shape index (κ1) is 21.0. The lowest BCUT2D eigenvalue weighted by Gasteiger charge is -2.22. The van der Waals surface area contributed by atoms with Crippen LogP contribution in [0.3, 0.4) is 0 Å². The van der Waals surface area contributed by atoms with Crippen molar-refractivity contribution in [3.63, 3.8) is 0 Å². The molecule has 0 rings (SSSR count). The summed E-state index contributed by atoms with van der Waals surface area (Å²) in [6, 6.07) is 0. The second-order valence-electron chi connectivity index (χ2n) is 6.96. The van der Waals surface area contributed by atoms with Gasteiger partial charge in [-0.15, -0.1) is 0 Å². The molecule has 0 saturated carbocycles. The zero-order valence-corrected chi connectivity index (χ0v) is 15.6. The summed E-state index contributed by atoms with van der Waals surface area (Å²) in [5.41, 5.74) is 0. The zero-order valence-electron chi connectivity index (χ0n) is 15.6. The molecule has 2 atom stereocenters. The predicted octanol–water partition coefficient (Wildman–Crippen LogP) is 7.96. The first-order chi connectivity index (χ1) is 10.3. The fourth-order valence-corrected chi connectivity index (χ4v) is 3.37. The van der Waals surface area contributed by atoms with Crippen LogP contribution in [0.2, 0.25) is 0 Å². The Morgan fingerprint density at radius 3 is 1.57 bits per heavy atom. The van der Waals surface area contributed by atoms with Crippen LogP contribution in [0, 0.1) is 18.3 Å². The molecule has 21 heavy (non-hydrogen) atoms. The van der Waals surface area contributed by atoms with Gasteiger partial charge in [-0.2, -0.15) is 0 Å². The molecule has 0 N–H and O–H groups in total. The standard InChI is InChI=1S/C21H43/c1-5-9-11-13-15-17-20(8-4)19-21(16-7-3)18-14-12-10-6-2/h19-21H,5-18H2,1-4H3. The van der Waals surface area contributed by atoms with E-state index in [9.17, 15) is 0 Å². The molecule has 0 aromatic carbocycles. The van der Waals surface area contributed by atoms with Crippen molar-refractivity contribution in [3.05, 3.63) is 6.42 Å². The van der Waals surface area contributed by atoms with Crippen LogP contribution in [-0.2, 0) is 0 Å². The van der Waals surface area contributed by atoms with Crippen LogP contribution in [0.5, 0.6) is 0 Å². The third-order valence-electron chi connectivity index (χ3n) is 4.84. The number of hydrogen-bond acceptors (Lipinski definition) is 0. The van der Waals surface area contributed by atoms with E-state index in [2.05, 4.69) is 34.1 Å². The Morgan fingerprint density at radius 1 is 0.524 bits per heavy atom. The average Bonchev–Trinajstić information content (AvgIpc) is 2.50. The van der Waals surface area contributed by atoms with Gasteiger partial charge in [0.05, 0.1) is 0 Å². The quantitative estimate of drug-likeness (QED) is 0.253. The summed E-state index contributed by atoms with van der Waals surface area (Å²) in [4.78, 5) is 0. The maximum atomic E-state index is 2.75. The van der Waals surface area contributed by atoms with Gasteiger partial charge in [0.1, 0.15) is 0 Å². The highest BCUT2D eigenvalue weighted by Crippen LogP contribution is 2.27. The monoisotopic (exact) mass is 295 g/mol. The van der Waals surface area contributed by atoms with E-state index in [-0.39, 0.29) is 0 Å². The Balaban J connectivity index is 3.88. The van der Waals surface area contributed by atoms with E-state index in [0.29, 0.717) is 0 Å². The van der Waals surface area contributed by atoms with Crippen LogP contribution in [-0.4, -0.2) is 0 Å². The second kappa shape index (κ2) is 16.4. The Bertz CT molecular complexity index is 184. The fraction of sp³-hybridized carbons (Fsp3) is 0.952. The van der Waals surface area contributed by atoms with Crippen molar-refractivity contribution in [3.8, 4) is 0 Å². The number of hydrogen-bond donors (Lipinski definition) is 0. The van der Waals surface area contributed by atoms with Crippen molar-refractivity contribution in [2.75, 3.05) is 0 Å². The summed E-state index contributed by atoms with van der Waals surface area (Å²) < 4.78 is 0. The molecule has 0 aliphatic heterocycles. The maximum absolute atomic E-state index is 2.75. The Morgan fingerprint density at radius 2 is 1.05 bits per heavy atom. The Hall–Kier alpha value is 0. The summed E-state index contributed by atoms with van der Waals surface area (Å²) in [5, 5.41) is 0. The van der Waals surface area contributed by atoms with Crippen molar-refractivity contribution in [2.45, 2.75) is 118 Å². The van der Waals surface area contributed by atoms with Gasteiger partial charge < -0.3 is 0 Å². The largest absolute Gasteiger partial charge is 0.0654 e. The molecule has 127 valence electrons. The third kappa shape index (κ3) is 13.4. The second-order valence-corrected chi connectivity index (χ2v) is 6.96. The average molecular weight is 296 g/mol. The summed E-state index contributed by atoms with van der Waals surface area (Å²) in [7, 11) is 0. The molecule has 0 saturated heterocycles. The van der Waals surface area contributed by atoms with E-state index >= 15 is 0 Å². The molecule has 0 fully saturated rings. The maximum Gasteiger partial charge on any atom is -0.0324 e. The molecule has 0 aliphatic carbocycles. The predicted molar refractivity (Wildman–Crippen MR) is 98.6 cm³/mol. The van der Waals surface area contributed by atoms with Crippen LogP contribution in [0.25, 0.3) is 0 Å². The number of rotatable bonds is 16. The topological polar surface area (TPSA) is 0 Å². The van der Waals surface area contributed by atoms with Crippen LogP contribution in [0.15, 0.2) is 0 Å². The van der Waals surface area contributed by atoms with Crippen molar-refractivity contribution >= 4 is 0 Å². The van der Waals surface area contributed by atoms with Crippen LogP contribution in [0.4, 0.5) is 0 Å². The zero-order chi connectivity index (χ0) is 15.8. The van der Waals surface area contributed by atoms with Gasteiger partial charge in [0.2, 0.25) is 0 Å². The molecule has 0 aromatic heterocycles. The lowest BCUT2D eigenvalue weighted by Crippen LogP contribution is -2.10. The van der Waals surface area contributed by atoms with E-state index in [4.69, 9.17) is 0 Å². The first-order valence-corrected chi connectivity index (χ1v) is 10.1. The molecule has 0 aliphatic rings. The van der Waals surface area contributed by atoms with Crippen LogP contribution in [0.1, 0.15) is 118 Å². The molecule has 0 amide bonds. The van der Waals surface area contributed by atoms with Crippen molar-refractivity contribution in [2.24, 2.45) is 11.8 Å². The van der Waals surface area contributed by atoms with Crippen molar-refractivity contribution in [1.29, 1.82) is 0 Å². The SMILES string of the molecule is CCCCCCCC([CH]C(CCC)CCCCCC)CC. The summed E-state index contributed by atoms with van der Waals surface area (Å²) in [6.45, 7) is 9.34.